The van der Waals surface area contributed by atoms with Gasteiger partial charge < -0.3 is 5.32 Å². The van der Waals surface area contributed by atoms with Crippen LogP contribution < -0.4 is 9.62 Å². The molecule has 37 heavy (non-hydrogen) atoms. The molecule has 0 aromatic heterocycles. The Hall–Kier alpha value is -3.26. The normalized spacial score (nSPS) is 11.2. The third kappa shape index (κ3) is 6.95. The van der Waals surface area contributed by atoms with Crippen LogP contribution in [0.4, 0.5) is 11.4 Å². The summed E-state index contributed by atoms with van der Waals surface area (Å²) in [6, 6.07) is 29.0. The first-order valence-corrected chi connectivity index (χ1v) is 14.4. The fourth-order valence-corrected chi connectivity index (χ4v) is 6.13. The summed E-state index contributed by atoms with van der Waals surface area (Å²) in [5, 5.41) is 3.31. The van der Waals surface area contributed by atoms with E-state index in [0.717, 1.165) is 26.7 Å². The van der Waals surface area contributed by atoms with E-state index in [2.05, 4.69) is 17.4 Å². The van der Waals surface area contributed by atoms with E-state index in [1.54, 1.807) is 23.9 Å². The van der Waals surface area contributed by atoms with Crippen molar-refractivity contribution < 1.29 is 13.2 Å². The van der Waals surface area contributed by atoms with Crippen molar-refractivity contribution in [2.75, 3.05) is 16.2 Å². The molecular formula is C29H27ClN2O3S2. The molecule has 0 atom stereocenters. The van der Waals surface area contributed by atoms with E-state index < -0.39 is 15.9 Å². The molecule has 0 saturated heterocycles. The number of thioether (sulfide) groups is 1. The Morgan fingerprint density at radius 2 is 1.57 bits per heavy atom. The van der Waals surface area contributed by atoms with Gasteiger partial charge in [0, 0.05) is 21.4 Å². The zero-order valence-corrected chi connectivity index (χ0v) is 22.9. The van der Waals surface area contributed by atoms with Crippen LogP contribution in [0.15, 0.2) is 107 Å². The van der Waals surface area contributed by atoms with Crippen molar-refractivity contribution in [1.29, 1.82) is 0 Å². The summed E-state index contributed by atoms with van der Waals surface area (Å²) in [6.07, 6.45) is 0. The maximum Gasteiger partial charge on any atom is 0.264 e. The molecule has 4 aromatic carbocycles. The molecule has 1 N–H and O–H groups in total. The predicted molar refractivity (Wildman–Crippen MR) is 153 cm³/mol. The molecule has 0 fully saturated rings. The Labute approximate surface area is 227 Å². The number of carbonyl (C=O) groups is 1. The van der Waals surface area contributed by atoms with Gasteiger partial charge in [-0.3, -0.25) is 9.10 Å². The maximum atomic E-state index is 13.5. The van der Waals surface area contributed by atoms with Crippen LogP contribution in [0, 0.1) is 13.8 Å². The number of sulfonamides is 1. The molecule has 0 unspecified atom stereocenters. The van der Waals surface area contributed by atoms with Crippen molar-refractivity contribution in [1.82, 2.24) is 0 Å². The van der Waals surface area contributed by atoms with Gasteiger partial charge in [0.15, 0.2) is 0 Å². The highest BCUT2D eigenvalue weighted by atomic mass is 35.5. The Morgan fingerprint density at radius 1 is 0.892 bits per heavy atom. The summed E-state index contributed by atoms with van der Waals surface area (Å²) in [4.78, 5) is 14.3. The number of nitrogens with zero attached hydrogens (tertiary/aromatic N) is 1. The fourth-order valence-electron chi connectivity index (χ4n) is 3.72. The van der Waals surface area contributed by atoms with Crippen LogP contribution in [0.2, 0.25) is 5.02 Å². The first kappa shape index (κ1) is 26.8. The topological polar surface area (TPSA) is 66.5 Å². The van der Waals surface area contributed by atoms with Crippen LogP contribution in [0.3, 0.4) is 0 Å². The predicted octanol–water partition coefficient (Wildman–Crippen LogP) is 7.08. The minimum Gasteiger partial charge on any atom is -0.324 e. The van der Waals surface area contributed by atoms with Crippen LogP contribution in [0.25, 0.3) is 0 Å². The number of hydrogen-bond donors (Lipinski definition) is 1. The molecular weight excluding hydrogens is 524 g/mol. The zero-order valence-electron chi connectivity index (χ0n) is 20.5. The number of aryl methyl sites for hydroxylation is 2. The summed E-state index contributed by atoms with van der Waals surface area (Å²) in [7, 11) is -4.01. The van der Waals surface area contributed by atoms with Gasteiger partial charge in [-0.1, -0.05) is 59.6 Å². The van der Waals surface area contributed by atoms with E-state index in [4.69, 9.17) is 11.6 Å². The summed E-state index contributed by atoms with van der Waals surface area (Å²) >= 11 is 7.69. The van der Waals surface area contributed by atoms with Gasteiger partial charge in [-0.2, -0.15) is 0 Å². The van der Waals surface area contributed by atoms with Crippen molar-refractivity contribution >= 4 is 50.7 Å². The van der Waals surface area contributed by atoms with Gasteiger partial charge in [0.25, 0.3) is 10.0 Å². The van der Waals surface area contributed by atoms with E-state index in [0.29, 0.717) is 16.4 Å². The lowest BCUT2D eigenvalue weighted by Crippen LogP contribution is -2.38. The van der Waals surface area contributed by atoms with E-state index >= 15 is 0 Å². The lowest BCUT2D eigenvalue weighted by atomic mass is 10.1. The van der Waals surface area contributed by atoms with Crippen LogP contribution in [0.5, 0.6) is 0 Å². The molecule has 4 rings (SSSR count). The van der Waals surface area contributed by atoms with Crippen molar-refractivity contribution in [2.45, 2.75) is 29.4 Å². The third-order valence-corrected chi connectivity index (χ3v) is 8.85. The molecule has 1 amide bonds. The molecule has 4 aromatic rings. The number of rotatable bonds is 9. The minimum absolute atomic E-state index is 0.0572. The molecule has 0 aliphatic heterocycles. The smallest absolute Gasteiger partial charge is 0.264 e. The van der Waals surface area contributed by atoms with E-state index in [1.807, 2.05) is 62.4 Å². The average molecular weight is 551 g/mol. The zero-order chi connectivity index (χ0) is 26.4. The minimum atomic E-state index is -4.01. The van der Waals surface area contributed by atoms with Crippen molar-refractivity contribution in [3.63, 3.8) is 0 Å². The number of carbonyl (C=O) groups excluding carboxylic acids is 1. The standard InChI is InChI=1S/C29H27ClN2O3S2/c1-21-8-13-25(14-9-21)32(37(34,35)27-15-11-24(30)12-16-27)19-29(33)31-28-17-10-23(18-22(28)2)20-36-26-6-4-3-5-7-26/h3-18H,19-20H2,1-2H3,(H,31,33). The molecule has 0 aliphatic carbocycles. The quantitative estimate of drug-likeness (QED) is 0.226. The van der Waals surface area contributed by atoms with Crippen LogP contribution in [0.1, 0.15) is 16.7 Å². The van der Waals surface area contributed by atoms with E-state index in [1.165, 1.54) is 29.2 Å². The van der Waals surface area contributed by atoms with Gasteiger partial charge in [0.2, 0.25) is 5.91 Å². The number of nitrogens with one attached hydrogen (secondary N) is 1. The number of benzene rings is 4. The van der Waals surface area contributed by atoms with Crippen LogP contribution in [-0.4, -0.2) is 20.9 Å². The second-order valence-corrected chi connectivity index (χ2v) is 11.9. The number of amides is 1. The Bertz CT molecular complexity index is 1470. The molecule has 0 radical (unpaired) electrons. The highest BCUT2D eigenvalue weighted by Gasteiger charge is 2.27. The summed E-state index contributed by atoms with van der Waals surface area (Å²) in [5.74, 6) is 0.368. The first-order chi connectivity index (χ1) is 17.7. The maximum absolute atomic E-state index is 13.5. The number of anilines is 2. The van der Waals surface area contributed by atoms with Crippen molar-refractivity contribution in [2.24, 2.45) is 0 Å². The van der Waals surface area contributed by atoms with Gasteiger partial charge in [-0.25, -0.2) is 8.42 Å². The monoisotopic (exact) mass is 550 g/mol. The van der Waals surface area contributed by atoms with E-state index in [9.17, 15) is 13.2 Å². The lowest BCUT2D eigenvalue weighted by Gasteiger charge is -2.24. The lowest BCUT2D eigenvalue weighted by molar-refractivity contribution is -0.114. The van der Waals surface area contributed by atoms with Gasteiger partial charge in [0.1, 0.15) is 6.54 Å². The largest absolute Gasteiger partial charge is 0.324 e. The van der Waals surface area contributed by atoms with Gasteiger partial charge in [-0.05, 0) is 79.6 Å². The molecule has 0 saturated carbocycles. The molecule has 8 heteroatoms. The molecule has 190 valence electrons. The summed E-state index contributed by atoms with van der Waals surface area (Å²) in [5.41, 5.74) is 4.07. The summed E-state index contributed by atoms with van der Waals surface area (Å²) < 4.78 is 28.2. The number of halogens is 1. The average Bonchev–Trinajstić information content (AvgIpc) is 2.89. The van der Waals surface area contributed by atoms with Gasteiger partial charge in [-0.15, -0.1) is 11.8 Å². The molecule has 5 nitrogen and oxygen atoms in total. The third-order valence-electron chi connectivity index (χ3n) is 5.72. The van der Waals surface area contributed by atoms with Crippen LogP contribution >= 0.6 is 23.4 Å². The SMILES string of the molecule is Cc1ccc(N(CC(=O)Nc2ccc(CSc3ccccc3)cc2C)S(=O)(=O)c2ccc(Cl)cc2)cc1. The molecule has 0 spiro atoms. The van der Waals surface area contributed by atoms with E-state index in [-0.39, 0.29) is 11.4 Å². The van der Waals surface area contributed by atoms with Crippen molar-refractivity contribution in [3.8, 4) is 0 Å². The van der Waals surface area contributed by atoms with Gasteiger partial charge >= 0.3 is 0 Å². The van der Waals surface area contributed by atoms with Gasteiger partial charge in [0.05, 0.1) is 10.6 Å². The second kappa shape index (κ2) is 11.9. The summed E-state index contributed by atoms with van der Waals surface area (Å²) in [6.45, 7) is 3.47. The highest BCUT2D eigenvalue weighted by molar-refractivity contribution is 7.98. The second-order valence-electron chi connectivity index (χ2n) is 8.60. The molecule has 0 heterocycles. The fraction of sp³-hybridized carbons (Fsp3) is 0.138. The Balaban J connectivity index is 1.51. The Morgan fingerprint density at radius 3 is 2.22 bits per heavy atom. The van der Waals surface area contributed by atoms with Crippen molar-refractivity contribution in [3.05, 3.63) is 119 Å². The van der Waals surface area contributed by atoms with Crippen LogP contribution in [-0.2, 0) is 20.6 Å². The highest BCUT2D eigenvalue weighted by Crippen LogP contribution is 2.27. The molecule has 0 aliphatic rings. The first-order valence-electron chi connectivity index (χ1n) is 11.6. The molecule has 0 bridgehead atoms. The Kier molecular flexibility index (Phi) is 8.59. The number of hydrogen-bond acceptors (Lipinski definition) is 4.